The van der Waals surface area contributed by atoms with Crippen LogP contribution in [-0.4, -0.2) is 69.8 Å². The molecule has 5 fully saturated rings. The summed E-state index contributed by atoms with van der Waals surface area (Å²) in [4.78, 5) is 0. The van der Waals surface area contributed by atoms with E-state index in [1.54, 1.807) is 0 Å². The van der Waals surface area contributed by atoms with Gasteiger partial charge in [0.1, 0.15) is 6.10 Å². The smallest absolute Gasteiger partial charge is 0.160 e. The third-order valence-corrected chi connectivity index (χ3v) is 6.37. The predicted octanol–water partition coefficient (Wildman–Crippen LogP) is 1.90. The van der Waals surface area contributed by atoms with E-state index in [2.05, 4.69) is 0 Å². The minimum atomic E-state index is -0.0685. The second-order valence-corrected chi connectivity index (χ2v) is 8.28. The Morgan fingerprint density at radius 2 is 1.52 bits per heavy atom. The van der Waals surface area contributed by atoms with Crippen molar-refractivity contribution in [3.63, 3.8) is 0 Å². The number of hydrogen-bond acceptors (Lipinski definition) is 6. The quantitative estimate of drug-likeness (QED) is 0.514. The van der Waals surface area contributed by atoms with E-state index in [0.717, 1.165) is 25.9 Å². The molecule has 6 heteroatoms. The van der Waals surface area contributed by atoms with Crippen LogP contribution in [0.4, 0.5) is 0 Å². The van der Waals surface area contributed by atoms with Crippen molar-refractivity contribution in [2.75, 3.05) is 33.0 Å². The Hall–Kier alpha value is -0.240. The first-order valence-corrected chi connectivity index (χ1v) is 10.1. The van der Waals surface area contributed by atoms with Gasteiger partial charge in [0.25, 0.3) is 0 Å². The maximum absolute atomic E-state index is 5.91. The Bertz CT molecular complexity index is 451. The number of ether oxygens (including phenoxy) is 6. The molecule has 6 nitrogen and oxygen atoms in total. The third-order valence-electron chi connectivity index (χ3n) is 6.37. The fraction of sp³-hybridized carbons (Fsp3) is 1.00. The Morgan fingerprint density at radius 3 is 2.28 bits per heavy atom. The van der Waals surface area contributed by atoms with Crippen LogP contribution >= 0.6 is 0 Å². The largest absolute Gasteiger partial charge is 0.379 e. The summed E-state index contributed by atoms with van der Waals surface area (Å²) in [5.41, 5.74) is 0. The fourth-order valence-electron chi connectivity index (χ4n) is 4.71. The summed E-state index contributed by atoms with van der Waals surface area (Å²) in [5, 5.41) is 0. The van der Waals surface area contributed by atoms with Crippen LogP contribution in [0.25, 0.3) is 0 Å². The summed E-state index contributed by atoms with van der Waals surface area (Å²) in [5.74, 6) is 1.15. The number of epoxide rings is 2. The molecule has 0 bridgehead atoms. The lowest BCUT2D eigenvalue weighted by molar-refractivity contribution is -0.249. The Labute approximate surface area is 149 Å². The highest BCUT2D eigenvalue weighted by atomic mass is 16.7. The van der Waals surface area contributed by atoms with Gasteiger partial charge < -0.3 is 28.4 Å². The molecular formula is C19H30O6. The standard InChI is InChI=1S/C19H30O6/c1-3-15-17(24-15)7-12(1)9-20-5-6-21-14-10-22-19(23-11-14)13-2-4-16-18(8-13)25-16/h12-19H,1-11H2. The van der Waals surface area contributed by atoms with E-state index >= 15 is 0 Å². The monoisotopic (exact) mass is 354 g/mol. The number of fused-ring (bicyclic) bond motifs is 2. The van der Waals surface area contributed by atoms with E-state index in [1.165, 1.54) is 19.3 Å². The average Bonchev–Trinajstić information content (AvgIpc) is 3.55. The first kappa shape index (κ1) is 16.9. The summed E-state index contributed by atoms with van der Waals surface area (Å²) in [6.45, 7) is 3.34. The summed E-state index contributed by atoms with van der Waals surface area (Å²) in [6.07, 6.45) is 9.08. The van der Waals surface area contributed by atoms with Gasteiger partial charge in [0.2, 0.25) is 0 Å². The van der Waals surface area contributed by atoms with Crippen molar-refractivity contribution < 1.29 is 28.4 Å². The highest BCUT2D eigenvalue weighted by Crippen LogP contribution is 2.42. The number of hydrogen-bond donors (Lipinski definition) is 0. The van der Waals surface area contributed by atoms with Crippen LogP contribution in [-0.2, 0) is 28.4 Å². The highest BCUT2D eigenvalue weighted by molar-refractivity contribution is 4.93. The molecule has 0 aromatic carbocycles. The summed E-state index contributed by atoms with van der Waals surface area (Å²) >= 11 is 0. The molecule has 6 unspecified atom stereocenters. The number of rotatable bonds is 7. The van der Waals surface area contributed by atoms with Crippen LogP contribution in [0.3, 0.4) is 0 Å². The van der Waals surface area contributed by atoms with Crippen molar-refractivity contribution in [2.45, 2.75) is 75.3 Å². The maximum atomic E-state index is 5.91. The normalized spacial score (nSPS) is 48.5. The third kappa shape index (κ3) is 4.20. The molecule has 0 radical (unpaired) electrons. The van der Waals surface area contributed by atoms with Crippen LogP contribution < -0.4 is 0 Å². The van der Waals surface area contributed by atoms with Crippen molar-refractivity contribution in [3.8, 4) is 0 Å². The maximum Gasteiger partial charge on any atom is 0.160 e. The van der Waals surface area contributed by atoms with Crippen molar-refractivity contribution >= 4 is 0 Å². The summed E-state index contributed by atoms with van der Waals surface area (Å²) < 4.78 is 34.6. The van der Waals surface area contributed by atoms with Crippen molar-refractivity contribution in [3.05, 3.63) is 0 Å². The topological polar surface area (TPSA) is 62.0 Å². The molecular weight excluding hydrogens is 324 g/mol. The van der Waals surface area contributed by atoms with Gasteiger partial charge in [0, 0.05) is 12.5 Å². The molecule has 3 aliphatic heterocycles. The van der Waals surface area contributed by atoms with Gasteiger partial charge in [-0.3, -0.25) is 0 Å². The van der Waals surface area contributed by atoms with E-state index in [4.69, 9.17) is 28.4 Å². The molecule has 0 N–H and O–H groups in total. The molecule has 0 amide bonds. The summed E-state index contributed by atoms with van der Waals surface area (Å²) in [6, 6.07) is 0. The highest BCUT2D eigenvalue weighted by Gasteiger charge is 2.47. The molecule has 3 saturated heterocycles. The SMILES string of the molecule is C(COC1COC(C2CCC3OC3C2)OC1)OCC1CCC2OC2C1. The van der Waals surface area contributed by atoms with Crippen LogP contribution in [0, 0.1) is 11.8 Å². The molecule has 0 aromatic heterocycles. The Balaban J connectivity index is 0.923. The lowest BCUT2D eigenvalue weighted by atomic mass is 9.88. The lowest BCUT2D eigenvalue weighted by Gasteiger charge is -2.35. The Kier molecular flexibility index (Phi) is 5.01. The average molecular weight is 354 g/mol. The van der Waals surface area contributed by atoms with Crippen molar-refractivity contribution in [1.29, 1.82) is 0 Å². The van der Waals surface area contributed by atoms with Crippen LogP contribution in [0.5, 0.6) is 0 Å². The minimum Gasteiger partial charge on any atom is -0.379 e. The van der Waals surface area contributed by atoms with Gasteiger partial charge in [-0.25, -0.2) is 0 Å². The van der Waals surface area contributed by atoms with Crippen LogP contribution in [0.15, 0.2) is 0 Å². The van der Waals surface area contributed by atoms with Crippen molar-refractivity contribution in [1.82, 2.24) is 0 Å². The molecule has 3 heterocycles. The zero-order chi connectivity index (χ0) is 16.6. The Morgan fingerprint density at radius 1 is 0.760 bits per heavy atom. The zero-order valence-corrected chi connectivity index (χ0v) is 14.8. The second-order valence-electron chi connectivity index (χ2n) is 8.28. The van der Waals surface area contributed by atoms with Gasteiger partial charge in [-0.1, -0.05) is 0 Å². The molecule has 142 valence electrons. The van der Waals surface area contributed by atoms with Gasteiger partial charge in [-0.2, -0.15) is 0 Å². The first-order valence-electron chi connectivity index (χ1n) is 10.1. The van der Waals surface area contributed by atoms with E-state index in [1.807, 2.05) is 0 Å². The van der Waals surface area contributed by atoms with Crippen LogP contribution in [0.1, 0.15) is 38.5 Å². The molecule has 2 aliphatic carbocycles. The van der Waals surface area contributed by atoms with Gasteiger partial charge in [-0.15, -0.1) is 0 Å². The van der Waals surface area contributed by atoms with E-state index in [9.17, 15) is 0 Å². The van der Waals surface area contributed by atoms with Gasteiger partial charge in [-0.05, 0) is 44.4 Å². The zero-order valence-electron chi connectivity index (χ0n) is 14.8. The van der Waals surface area contributed by atoms with Crippen LogP contribution in [0.2, 0.25) is 0 Å². The molecule has 25 heavy (non-hydrogen) atoms. The molecule has 5 aliphatic rings. The molecule has 0 spiro atoms. The minimum absolute atomic E-state index is 0.0312. The van der Waals surface area contributed by atoms with E-state index in [0.29, 0.717) is 62.7 Å². The lowest BCUT2D eigenvalue weighted by Crippen LogP contribution is -2.42. The molecule has 6 atom stereocenters. The predicted molar refractivity (Wildman–Crippen MR) is 88.3 cm³/mol. The molecule has 0 aromatic rings. The van der Waals surface area contributed by atoms with E-state index in [-0.39, 0.29) is 12.4 Å². The van der Waals surface area contributed by atoms with E-state index < -0.39 is 0 Å². The van der Waals surface area contributed by atoms with Gasteiger partial charge in [0.05, 0.1) is 50.8 Å². The van der Waals surface area contributed by atoms with Gasteiger partial charge in [0.15, 0.2) is 6.29 Å². The molecule has 2 saturated carbocycles. The van der Waals surface area contributed by atoms with Gasteiger partial charge >= 0.3 is 0 Å². The molecule has 5 rings (SSSR count). The fourth-order valence-corrected chi connectivity index (χ4v) is 4.71. The summed E-state index contributed by atoms with van der Waals surface area (Å²) in [7, 11) is 0. The first-order chi connectivity index (χ1) is 12.3. The second kappa shape index (κ2) is 7.41. The van der Waals surface area contributed by atoms with Crippen molar-refractivity contribution in [2.24, 2.45) is 11.8 Å².